The first kappa shape index (κ1) is 12.4. The Bertz CT molecular complexity index is 533. The number of hydrogen-bond acceptors (Lipinski definition) is 2. The van der Waals surface area contributed by atoms with E-state index in [9.17, 15) is 8.78 Å². The van der Waals surface area contributed by atoms with Crippen LogP contribution in [0.5, 0.6) is 0 Å². The van der Waals surface area contributed by atoms with Crippen molar-refractivity contribution in [3.63, 3.8) is 0 Å². The molecule has 0 radical (unpaired) electrons. The molecular weight excluding hydrogens is 315 g/mol. The molecule has 2 aromatic rings. The molecular formula is C10H7BrClF2N3. The van der Waals surface area contributed by atoms with Crippen molar-refractivity contribution in [1.82, 2.24) is 15.0 Å². The molecule has 0 saturated carbocycles. The van der Waals surface area contributed by atoms with Crippen LogP contribution in [0.2, 0.25) is 0 Å². The predicted octanol–water partition coefficient (Wildman–Crippen LogP) is 3.61. The van der Waals surface area contributed by atoms with E-state index < -0.39 is 11.6 Å². The Labute approximate surface area is 110 Å². The normalized spacial score (nSPS) is 12.8. The second-order valence-electron chi connectivity index (χ2n) is 3.42. The maximum atomic E-state index is 13.6. The van der Waals surface area contributed by atoms with Gasteiger partial charge in [-0.1, -0.05) is 5.21 Å². The van der Waals surface area contributed by atoms with E-state index in [1.165, 1.54) is 10.9 Å². The smallest absolute Gasteiger partial charge is 0.152 e. The standard InChI is InChI=1S/C10H7BrClF2N3/c1-5(12)9-4-17(16-15-9)10-7(11)2-6(13)3-8(10)14/h2-5H,1H3. The SMILES string of the molecule is CC(Cl)c1cn(-c2c(F)cc(F)cc2Br)nn1. The number of halogens is 4. The monoisotopic (exact) mass is 321 g/mol. The summed E-state index contributed by atoms with van der Waals surface area (Å²) >= 11 is 8.91. The molecule has 0 aliphatic rings. The average molecular weight is 323 g/mol. The molecule has 1 heterocycles. The zero-order chi connectivity index (χ0) is 12.6. The van der Waals surface area contributed by atoms with Crippen LogP contribution < -0.4 is 0 Å². The van der Waals surface area contributed by atoms with Crippen LogP contribution in [0.1, 0.15) is 18.0 Å². The van der Waals surface area contributed by atoms with Crippen molar-refractivity contribution in [2.45, 2.75) is 12.3 Å². The molecule has 0 amide bonds. The Morgan fingerprint density at radius 1 is 1.41 bits per heavy atom. The van der Waals surface area contributed by atoms with Crippen LogP contribution in [-0.2, 0) is 0 Å². The number of benzene rings is 1. The van der Waals surface area contributed by atoms with Crippen LogP contribution >= 0.6 is 27.5 Å². The van der Waals surface area contributed by atoms with E-state index in [2.05, 4.69) is 26.2 Å². The van der Waals surface area contributed by atoms with Gasteiger partial charge < -0.3 is 0 Å². The summed E-state index contributed by atoms with van der Waals surface area (Å²) in [5.74, 6) is -1.39. The Morgan fingerprint density at radius 3 is 2.65 bits per heavy atom. The fraction of sp³-hybridized carbons (Fsp3) is 0.200. The number of nitrogens with zero attached hydrogens (tertiary/aromatic N) is 3. The van der Waals surface area contributed by atoms with E-state index >= 15 is 0 Å². The summed E-state index contributed by atoms with van der Waals surface area (Å²) in [5.41, 5.74) is 0.616. The summed E-state index contributed by atoms with van der Waals surface area (Å²) in [6.45, 7) is 1.73. The first-order valence-electron chi connectivity index (χ1n) is 4.70. The average Bonchev–Trinajstić information content (AvgIpc) is 2.65. The van der Waals surface area contributed by atoms with Crippen molar-refractivity contribution in [3.05, 3.63) is 40.1 Å². The highest BCUT2D eigenvalue weighted by Gasteiger charge is 2.15. The van der Waals surface area contributed by atoms with E-state index in [-0.39, 0.29) is 15.5 Å². The molecule has 3 nitrogen and oxygen atoms in total. The van der Waals surface area contributed by atoms with Crippen LogP contribution in [0.3, 0.4) is 0 Å². The third-order valence-corrected chi connectivity index (χ3v) is 2.96. The minimum Gasteiger partial charge on any atom is -0.216 e. The van der Waals surface area contributed by atoms with Crippen LogP contribution in [-0.4, -0.2) is 15.0 Å². The summed E-state index contributed by atoms with van der Waals surface area (Å²) < 4.78 is 28.0. The molecule has 1 aromatic carbocycles. The van der Waals surface area contributed by atoms with Crippen LogP contribution in [0.4, 0.5) is 8.78 Å². The molecule has 0 fully saturated rings. The van der Waals surface area contributed by atoms with Crippen LogP contribution in [0.25, 0.3) is 5.69 Å². The van der Waals surface area contributed by atoms with Gasteiger partial charge in [0.1, 0.15) is 17.2 Å². The van der Waals surface area contributed by atoms with Gasteiger partial charge in [-0.15, -0.1) is 16.7 Å². The highest BCUT2D eigenvalue weighted by atomic mass is 79.9. The van der Waals surface area contributed by atoms with Crippen LogP contribution in [0, 0.1) is 11.6 Å². The lowest BCUT2D eigenvalue weighted by molar-refractivity contribution is 0.570. The second kappa shape index (κ2) is 4.70. The van der Waals surface area contributed by atoms with E-state index in [0.29, 0.717) is 5.69 Å². The molecule has 0 N–H and O–H groups in total. The third kappa shape index (κ3) is 2.47. The van der Waals surface area contributed by atoms with Gasteiger partial charge in [-0.3, -0.25) is 0 Å². The Balaban J connectivity index is 2.52. The molecule has 90 valence electrons. The number of hydrogen-bond donors (Lipinski definition) is 0. The molecule has 0 spiro atoms. The molecule has 0 bridgehead atoms. The van der Waals surface area contributed by atoms with Crippen LogP contribution in [0.15, 0.2) is 22.8 Å². The third-order valence-electron chi connectivity index (χ3n) is 2.13. The van der Waals surface area contributed by atoms with Gasteiger partial charge in [-0.25, -0.2) is 13.5 Å². The van der Waals surface area contributed by atoms with Gasteiger partial charge in [0, 0.05) is 10.5 Å². The highest BCUT2D eigenvalue weighted by molar-refractivity contribution is 9.10. The molecule has 1 aromatic heterocycles. The Morgan fingerprint density at radius 2 is 2.12 bits per heavy atom. The Kier molecular flexibility index (Phi) is 3.44. The van der Waals surface area contributed by atoms with Gasteiger partial charge in [0.2, 0.25) is 0 Å². The lowest BCUT2D eigenvalue weighted by Gasteiger charge is -2.05. The summed E-state index contributed by atoms with van der Waals surface area (Å²) in [6, 6.07) is 1.94. The summed E-state index contributed by atoms with van der Waals surface area (Å²) in [6.07, 6.45) is 1.50. The van der Waals surface area contributed by atoms with E-state index in [4.69, 9.17) is 11.6 Å². The zero-order valence-corrected chi connectivity index (χ0v) is 11.0. The maximum absolute atomic E-state index is 13.6. The molecule has 1 unspecified atom stereocenters. The molecule has 2 rings (SSSR count). The summed E-state index contributed by atoms with van der Waals surface area (Å²) in [7, 11) is 0. The second-order valence-corrected chi connectivity index (χ2v) is 4.93. The molecule has 0 aliphatic heterocycles. The Hall–Kier alpha value is -1.01. The summed E-state index contributed by atoms with van der Waals surface area (Å²) in [4.78, 5) is 0. The highest BCUT2D eigenvalue weighted by Crippen LogP contribution is 2.26. The quantitative estimate of drug-likeness (QED) is 0.791. The molecule has 17 heavy (non-hydrogen) atoms. The van der Waals surface area contributed by atoms with Crippen molar-refractivity contribution in [2.24, 2.45) is 0 Å². The minimum absolute atomic E-state index is 0.0995. The minimum atomic E-state index is -0.726. The van der Waals surface area contributed by atoms with Gasteiger partial charge in [-0.2, -0.15) is 0 Å². The van der Waals surface area contributed by atoms with E-state index in [1.807, 2.05) is 0 Å². The molecule has 0 aliphatic carbocycles. The number of rotatable bonds is 2. The fourth-order valence-corrected chi connectivity index (χ4v) is 2.01. The van der Waals surface area contributed by atoms with E-state index in [0.717, 1.165) is 12.1 Å². The first-order chi connectivity index (χ1) is 7.99. The maximum Gasteiger partial charge on any atom is 0.152 e. The van der Waals surface area contributed by atoms with Crippen molar-refractivity contribution in [3.8, 4) is 5.69 Å². The van der Waals surface area contributed by atoms with Gasteiger partial charge in [-0.05, 0) is 28.9 Å². The van der Waals surface area contributed by atoms with Crippen molar-refractivity contribution >= 4 is 27.5 Å². The molecule has 1 atom stereocenters. The fourth-order valence-electron chi connectivity index (χ4n) is 1.32. The van der Waals surface area contributed by atoms with Crippen molar-refractivity contribution < 1.29 is 8.78 Å². The van der Waals surface area contributed by atoms with Gasteiger partial charge in [0.25, 0.3) is 0 Å². The zero-order valence-electron chi connectivity index (χ0n) is 8.66. The van der Waals surface area contributed by atoms with Gasteiger partial charge >= 0.3 is 0 Å². The lowest BCUT2D eigenvalue weighted by Crippen LogP contribution is -2.01. The van der Waals surface area contributed by atoms with Gasteiger partial charge in [0.15, 0.2) is 5.82 Å². The topological polar surface area (TPSA) is 30.7 Å². The van der Waals surface area contributed by atoms with Gasteiger partial charge in [0.05, 0.1) is 11.6 Å². The molecule has 7 heteroatoms. The van der Waals surface area contributed by atoms with E-state index in [1.54, 1.807) is 6.92 Å². The van der Waals surface area contributed by atoms with Crippen molar-refractivity contribution in [1.29, 1.82) is 0 Å². The summed E-state index contributed by atoms with van der Waals surface area (Å²) in [5, 5.41) is 7.22. The largest absolute Gasteiger partial charge is 0.216 e. The molecule has 0 saturated heterocycles. The number of alkyl halides is 1. The predicted molar refractivity (Wildman–Crippen MR) is 63.2 cm³/mol. The first-order valence-corrected chi connectivity index (χ1v) is 5.93. The number of aromatic nitrogens is 3. The lowest BCUT2D eigenvalue weighted by atomic mass is 10.3. The van der Waals surface area contributed by atoms with Crippen molar-refractivity contribution in [2.75, 3.05) is 0 Å².